The fraction of sp³-hybridized carbons (Fsp3) is 0.600. The van der Waals surface area contributed by atoms with Crippen LogP contribution in [0.4, 0.5) is 0 Å². The van der Waals surface area contributed by atoms with Crippen LogP contribution in [0.15, 0.2) is 24.3 Å². The van der Waals surface area contributed by atoms with Gasteiger partial charge >= 0.3 is 0 Å². The molecule has 0 bridgehead atoms. The first kappa shape index (κ1) is 14.3. The van der Waals surface area contributed by atoms with E-state index in [-0.39, 0.29) is 6.61 Å². The van der Waals surface area contributed by atoms with Crippen molar-refractivity contribution in [1.29, 1.82) is 0 Å². The summed E-state index contributed by atoms with van der Waals surface area (Å²) in [6, 6.07) is 8.78. The lowest BCUT2D eigenvalue weighted by Crippen LogP contribution is -2.27. The molecule has 2 rings (SSSR count). The van der Waals surface area contributed by atoms with E-state index < -0.39 is 0 Å². The van der Waals surface area contributed by atoms with Crippen molar-refractivity contribution in [2.75, 3.05) is 40.0 Å². The molecule has 0 saturated carbocycles. The number of hydrogen-bond acceptors (Lipinski definition) is 4. The highest BCUT2D eigenvalue weighted by Gasteiger charge is 2.25. The van der Waals surface area contributed by atoms with E-state index >= 15 is 0 Å². The van der Waals surface area contributed by atoms with Crippen LogP contribution in [0.25, 0.3) is 0 Å². The number of likely N-dealkylation sites (tertiary alicyclic amines) is 1. The number of rotatable bonds is 7. The number of aliphatic hydroxyl groups excluding tert-OH is 1. The van der Waals surface area contributed by atoms with Crippen LogP contribution in [0, 0.1) is 0 Å². The van der Waals surface area contributed by atoms with Crippen molar-refractivity contribution in [2.24, 2.45) is 0 Å². The van der Waals surface area contributed by atoms with Crippen LogP contribution < -0.4 is 4.74 Å². The van der Waals surface area contributed by atoms with E-state index in [1.807, 2.05) is 12.1 Å². The van der Waals surface area contributed by atoms with Gasteiger partial charge in [0.2, 0.25) is 0 Å². The molecule has 1 saturated heterocycles. The Balaban J connectivity index is 1.93. The molecule has 1 N–H and O–H groups in total. The second-order valence-corrected chi connectivity index (χ2v) is 4.81. The van der Waals surface area contributed by atoms with Crippen molar-refractivity contribution >= 4 is 0 Å². The zero-order valence-corrected chi connectivity index (χ0v) is 11.5. The van der Waals surface area contributed by atoms with Gasteiger partial charge < -0.3 is 14.6 Å². The topological polar surface area (TPSA) is 41.9 Å². The molecule has 1 aliphatic rings. The van der Waals surface area contributed by atoms with E-state index in [2.05, 4.69) is 17.0 Å². The molecule has 1 aliphatic heterocycles. The Hall–Kier alpha value is -1.10. The minimum absolute atomic E-state index is 0.0965. The van der Waals surface area contributed by atoms with Crippen molar-refractivity contribution in [1.82, 2.24) is 4.90 Å². The maximum atomic E-state index is 8.69. The molecule has 0 aliphatic carbocycles. The third kappa shape index (κ3) is 3.93. The number of hydrogen-bond donors (Lipinski definition) is 1. The summed E-state index contributed by atoms with van der Waals surface area (Å²) in [6.45, 7) is 3.24. The summed E-state index contributed by atoms with van der Waals surface area (Å²) in [5.41, 5.74) is 1.32. The highest BCUT2D eigenvalue weighted by atomic mass is 16.5. The van der Waals surface area contributed by atoms with Crippen LogP contribution in [0.1, 0.15) is 24.4 Å². The average Bonchev–Trinajstić information content (AvgIpc) is 2.92. The quantitative estimate of drug-likeness (QED) is 0.764. The standard InChI is InChI=1S/C15H23NO3/c1-18-14-5-2-4-13(12-14)15-6-3-7-16(15)8-10-19-11-9-17/h2,4-5,12,15,17H,3,6-11H2,1H3. The molecule has 0 spiro atoms. The molecule has 1 aromatic rings. The lowest BCUT2D eigenvalue weighted by molar-refractivity contribution is 0.0709. The molecular weight excluding hydrogens is 242 g/mol. The SMILES string of the molecule is COc1cccc(C2CCCN2CCOCCO)c1. The van der Waals surface area contributed by atoms with Crippen LogP contribution in [-0.4, -0.2) is 50.0 Å². The molecule has 19 heavy (non-hydrogen) atoms. The highest BCUT2D eigenvalue weighted by Crippen LogP contribution is 2.32. The van der Waals surface area contributed by atoms with Gasteiger partial charge in [0.15, 0.2) is 0 Å². The van der Waals surface area contributed by atoms with Gasteiger partial charge in [-0.2, -0.15) is 0 Å². The molecule has 1 aromatic carbocycles. The molecule has 1 atom stereocenters. The fourth-order valence-electron chi connectivity index (χ4n) is 2.67. The molecule has 0 amide bonds. The van der Waals surface area contributed by atoms with Crippen LogP contribution >= 0.6 is 0 Å². The van der Waals surface area contributed by atoms with Gasteiger partial charge in [0.05, 0.1) is 26.9 Å². The fourth-order valence-corrected chi connectivity index (χ4v) is 2.67. The monoisotopic (exact) mass is 265 g/mol. The summed E-state index contributed by atoms with van der Waals surface area (Å²) in [5, 5.41) is 8.69. The van der Waals surface area contributed by atoms with Crippen LogP contribution in [-0.2, 0) is 4.74 Å². The van der Waals surface area contributed by atoms with Crippen molar-refractivity contribution in [3.05, 3.63) is 29.8 Å². The van der Waals surface area contributed by atoms with Gasteiger partial charge in [-0.3, -0.25) is 4.90 Å². The van der Waals surface area contributed by atoms with E-state index in [1.165, 1.54) is 18.4 Å². The van der Waals surface area contributed by atoms with Gasteiger partial charge in [0, 0.05) is 12.6 Å². The number of benzene rings is 1. The number of methoxy groups -OCH3 is 1. The third-order valence-corrected chi connectivity index (χ3v) is 3.60. The van der Waals surface area contributed by atoms with Gasteiger partial charge in [-0.25, -0.2) is 0 Å². The zero-order chi connectivity index (χ0) is 13.5. The maximum absolute atomic E-state index is 8.69. The van der Waals surface area contributed by atoms with Crippen LogP contribution in [0.2, 0.25) is 0 Å². The number of nitrogens with zero attached hydrogens (tertiary/aromatic N) is 1. The lowest BCUT2D eigenvalue weighted by atomic mass is 10.0. The molecule has 4 heteroatoms. The predicted molar refractivity (Wildman–Crippen MR) is 74.4 cm³/mol. The molecule has 1 heterocycles. The van der Waals surface area contributed by atoms with Crippen molar-refractivity contribution in [2.45, 2.75) is 18.9 Å². The first-order valence-corrected chi connectivity index (χ1v) is 6.91. The molecule has 106 valence electrons. The third-order valence-electron chi connectivity index (χ3n) is 3.60. The Labute approximate surface area is 114 Å². The summed E-state index contributed by atoms with van der Waals surface area (Å²) in [6.07, 6.45) is 2.41. The van der Waals surface area contributed by atoms with Crippen LogP contribution in [0.5, 0.6) is 5.75 Å². The summed E-state index contributed by atoms with van der Waals surface area (Å²) in [5.74, 6) is 0.917. The van der Waals surface area contributed by atoms with Gasteiger partial charge in [-0.15, -0.1) is 0 Å². The Morgan fingerprint density at radius 1 is 1.37 bits per heavy atom. The minimum atomic E-state index is 0.0965. The summed E-state index contributed by atoms with van der Waals surface area (Å²) in [7, 11) is 1.70. The normalized spacial score (nSPS) is 19.8. The average molecular weight is 265 g/mol. The molecule has 1 unspecified atom stereocenters. The first-order chi connectivity index (χ1) is 9.35. The number of ether oxygens (including phenoxy) is 2. The van der Waals surface area contributed by atoms with E-state index in [1.54, 1.807) is 7.11 Å². The van der Waals surface area contributed by atoms with Crippen LogP contribution in [0.3, 0.4) is 0 Å². The molecule has 1 fully saturated rings. The summed E-state index contributed by atoms with van der Waals surface area (Å²) in [4.78, 5) is 2.45. The van der Waals surface area contributed by atoms with E-state index in [4.69, 9.17) is 14.6 Å². The van der Waals surface area contributed by atoms with Gasteiger partial charge in [-0.1, -0.05) is 12.1 Å². The summed E-state index contributed by atoms with van der Waals surface area (Å²) < 4.78 is 10.6. The van der Waals surface area contributed by atoms with Gasteiger partial charge in [-0.05, 0) is 37.1 Å². The van der Waals surface area contributed by atoms with E-state index in [0.29, 0.717) is 19.3 Å². The van der Waals surface area contributed by atoms with Crippen molar-refractivity contribution in [3.8, 4) is 5.75 Å². The number of aliphatic hydroxyl groups is 1. The second-order valence-electron chi connectivity index (χ2n) is 4.81. The van der Waals surface area contributed by atoms with E-state index in [0.717, 1.165) is 18.8 Å². The molecule has 0 radical (unpaired) electrons. The predicted octanol–water partition coefficient (Wildman–Crippen LogP) is 1.84. The van der Waals surface area contributed by atoms with E-state index in [9.17, 15) is 0 Å². The second kappa shape index (κ2) is 7.48. The zero-order valence-electron chi connectivity index (χ0n) is 11.5. The largest absolute Gasteiger partial charge is 0.497 e. The van der Waals surface area contributed by atoms with Gasteiger partial charge in [0.25, 0.3) is 0 Å². The Morgan fingerprint density at radius 3 is 3.05 bits per heavy atom. The van der Waals surface area contributed by atoms with Crippen molar-refractivity contribution in [3.63, 3.8) is 0 Å². The molecule has 0 aromatic heterocycles. The molecule has 4 nitrogen and oxygen atoms in total. The Kier molecular flexibility index (Phi) is 5.63. The Morgan fingerprint density at radius 2 is 2.26 bits per heavy atom. The Bertz CT molecular complexity index is 383. The lowest BCUT2D eigenvalue weighted by Gasteiger charge is -2.25. The molecular formula is C15H23NO3. The van der Waals surface area contributed by atoms with Gasteiger partial charge in [0.1, 0.15) is 5.75 Å². The smallest absolute Gasteiger partial charge is 0.119 e. The highest BCUT2D eigenvalue weighted by molar-refractivity contribution is 5.31. The minimum Gasteiger partial charge on any atom is -0.497 e. The first-order valence-electron chi connectivity index (χ1n) is 6.91. The van der Waals surface area contributed by atoms with Crippen molar-refractivity contribution < 1.29 is 14.6 Å². The summed E-state index contributed by atoms with van der Waals surface area (Å²) >= 11 is 0. The maximum Gasteiger partial charge on any atom is 0.119 e.